The number of hydrogen-bond donors (Lipinski definition) is 1. The highest BCUT2D eigenvalue weighted by molar-refractivity contribution is 7.10. The number of ether oxygens (including phenoxy) is 2. The molecule has 1 N–H and O–H groups in total. The fourth-order valence-electron chi connectivity index (χ4n) is 2.37. The summed E-state index contributed by atoms with van der Waals surface area (Å²) in [5.41, 5.74) is 0. The van der Waals surface area contributed by atoms with Crippen LogP contribution in [0.4, 0.5) is 0 Å². The van der Waals surface area contributed by atoms with Crippen molar-refractivity contribution in [1.29, 1.82) is 0 Å². The van der Waals surface area contributed by atoms with Crippen LogP contribution in [0.3, 0.4) is 0 Å². The second-order valence-electron chi connectivity index (χ2n) is 5.92. The third-order valence-electron chi connectivity index (χ3n) is 3.93. The van der Waals surface area contributed by atoms with Gasteiger partial charge in [-0.25, -0.2) is 0 Å². The summed E-state index contributed by atoms with van der Waals surface area (Å²) in [5, 5.41) is 4.73. The maximum Gasteiger partial charge on any atom is 0.261 e. The normalized spacial score (nSPS) is 11.1. The average molecular weight is 389 g/mol. The third-order valence-corrected chi connectivity index (χ3v) is 4.83. The topological polar surface area (TPSA) is 50.8 Å². The molecule has 146 valence electrons. The van der Waals surface area contributed by atoms with Crippen molar-refractivity contribution in [2.45, 2.75) is 26.8 Å². The smallest absolute Gasteiger partial charge is 0.261 e. The highest BCUT2D eigenvalue weighted by Crippen LogP contribution is 2.23. The molecule has 0 saturated heterocycles. The number of hydrogen-bond acceptors (Lipinski definition) is 5. The van der Waals surface area contributed by atoms with Crippen LogP contribution < -0.4 is 14.8 Å². The molecule has 6 heteroatoms. The number of rotatable bonds is 12. The third kappa shape index (κ3) is 8.28. The Morgan fingerprint density at radius 1 is 1.15 bits per heavy atom. The van der Waals surface area contributed by atoms with Crippen LogP contribution in [0.25, 0.3) is 0 Å². The van der Waals surface area contributed by atoms with Crippen LogP contribution in [0, 0.1) is 0 Å². The van der Waals surface area contributed by atoms with Crippen molar-refractivity contribution in [3.63, 3.8) is 0 Å². The Morgan fingerprint density at radius 2 is 1.93 bits per heavy atom. The van der Waals surface area contributed by atoms with E-state index >= 15 is 0 Å². The lowest BCUT2D eigenvalue weighted by Crippen LogP contribution is -2.24. The number of nitrogens with one attached hydrogen (secondary N) is 1. The number of carbonyl (C=O) groups excluding carboxylic acids is 1. The van der Waals surface area contributed by atoms with Gasteiger partial charge in [0.2, 0.25) is 0 Å². The van der Waals surface area contributed by atoms with Crippen LogP contribution in [0.15, 0.2) is 54.1 Å². The summed E-state index contributed by atoms with van der Waals surface area (Å²) in [6.07, 6.45) is 4.24. The van der Waals surface area contributed by atoms with E-state index in [2.05, 4.69) is 30.1 Å². The minimum atomic E-state index is -0.185. The van der Waals surface area contributed by atoms with Crippen molar-refractivity contribution in [3.8, 4) is 11.5 Å². The molecule has 0 saturated carbocycles. The van der Waals surface area contributed by atoms with Gasteiger partial charge >= 0.3 is 0 Å². The van der Waals surface area contributed by atoms with E-state index in [0.717, 1.165) is 31.8 Å². The second-order valence-corrected chi connectivity index (χ2v) is 6.91. The summed E-state index contributed by atoms with van der Waals surface area (Å²) in [4.78, 5) is 15.4. The molecule has 0 atom stereocenters. The first kappa shape index (κ1) is 21.0. The number of benzene rings is 1. The van der Waals surface area contributed by atoms with Crippen molar-refractivity contribution in [2.24, 2.45) is 0 Å². The fourth-order valence-corrected chi connectivity index (χ4v) is 3.22. The van der Waals surface area contributed by atoms with Crippen LogP contribution in [0.5, 0.6) is 11.5 Å². The number of para-hydroxylation sites is 1. The van der Waals surface area contributed by atoms with E-state index in [1.54, 1.807) is 17.5 Å². The Hall–Kier alpha value is -2.31. The molecule has 27 heavy (non-hydrogen) atoms. The number of nitrogens with zero attached hydrogens (tertiary/aromatic N) is 1. The van der Waals surface area contributed by atoms with Crippen molar-refractivity contribution in [3.05, 3.63) is 58.9 Å². The Labute approximate surface area is 165 Å². The first-order valence-corrected chi connectivity index (χ1v) is 10.1. The molecule has 2 aromatic rings. The Kier molecular flexibility index (Phi) is 9.44. The van der Waals surface area contributed by atoms with Crippen molar-refractivity contribution in [1.82, 2.24) is 10.2 Å². The van der Waals surface area contributed by atoms with E-state index in [9.17, 15) is 4.79 Å². The highest BCUT2D eigenvalue weighted by Gasteiger charge is 2.05. The van der Waals surface area contributed by atoms with Gasteiger partial charge in [-0.2, -0.15) is 0 Å². The van der Waals surface area contributed by atoms with E-state index in [-0.39, 0.29) is 12.5 Å². The van der Waals surface area contributed by atoms with Gasteiger partial charge in [-0.15, -0.1) is 11.3 Å². The zero-order valence-electron chi connectivity index (χ0n) is 16.0. The minimum absolute atomic E-state index is 0.00489. The molecule has 0 aliphatic carbocycles. The summed E-state index contributed by atoms with van der Waals surface area (Å²) < 4.78 is 11.1. The Bertz CT molecular complexity index is 696. The summed E-state index contributed by atoms with van der Waals surface area (Å²) in [7, 11) is 0. The molecule has 0 bridgehead atoms. The van der Waals surface area contributed by atoms with Gasteiger partial charge in [-0.05, 0) is 37.5 Å². The van der Waals surface area contributed by atoms with Crippen molar-refractivity contribution >= 4 is 17.2 Å². The molecule has 1 aromatic carbocycles. The molecule has 1 aromatic heterocycles. The lowest BCUT2D eigenvalue weighted by Gasteiger charge is -2.16. The van der Waals surface area contributed by atoms with E-state index in [0.29, 0.717) is 12.4 Å². The van der Waals surface area contributed by atoms with Gasteiger partial charge < -0.3 is 14.8 Å². The van der Waals surface area contributed by atoms with Gasteiger partial charge in [0.05, 0.1) is 6.61 Å². The van der Waals surface area contributed by atoms with Gasteiger partial charge in [0.15, 0.2) is 6.61 Å². The van der Waals surface area contributed by atoms with Gasteiger partial charge in [-0.1, -0.05) is 38.1 Å². The minimum Gasteiger partial charge on any atom is -0.492 e. The number of amides is 1. The number of thiophene rings is 1. The molecule has 0 aliphatic heterocycles. The fraction of sp³-hybridized carbons (Fsp3) is 0.381. The van der Waals surface area contributed by atoms with E-state index in [1.165, 1.54) is 4.88 Å². The maximum absolute atomic E-state index is 11.7. The zero-order chi connectivity index (χ0) is 19.3. The quantitative estimate of drug-likeness (QED) is 0.557. The molecule has 0 radical (unpaired) electrons. The molecular formula is C21H28N2O3S. The summed E-state index contributed by atoms with van der Waals surface area (Å²) in [5.74, 6) is 1.41. The van der Waals surface area contributed by atoms with Crippen LogP contribution in [0.2, 0.25) is 0 Å². The Balaban J connectivity index is 1.58. The molecule has 1 amide bonds. The molecule has 5 nitrogen and oxygen atoms in total. The first-order chi connectivity index (χ1) is 13.2. The molecule has 1 heterocycles. The lowest BCUT2D eigenvalue weighted by atomic mass is 10.3. The maximum atomic E-state index is 11.7. The van der Waals surface area contributed by atoms with E-state index in [4.69, 9.17) is 9.47 Å². The number of carbonyl (C=O) groups is 1. The standard InChI is InChI=1S/C21H28N2O3S/c1-3-23(4-2)15-20-14-19(17-27-20)25-13-9-8-12-22-21(24)16-26-18-10-6-5-7-11-18/h5-8,10-12,14,17H,3-4,9,13,15-16H2,1-2H3,(H,22,24)/b12-8-. The van der Waals surface area contributed by atoms with Gasteiger partial charge in [0.25, 0.3) is 5.91 Å². The molecule has 2 rings (SSSR count). The van der Waals surface area contributed by atoms with Gasteiger partial charge in [0, 0.05) is 23.2 Å². The molecule has 0 unspecified atom stereocenters. The van der Waals surface area contributed by atoms with E-state index in [1.807, 2.05) is 41.8 Å². The monoisotopic (exact) mass is 388 g/mol. The zero-order valence-corrected chi connectivity index (χ0v) is 16.8. The average Bonchev–Trinajstić information content (AvgIpc) is 3.15. The predicted molar refractivity (Wildman–Crippen MR) is 110 cm³/mol. The summed E-state index contributed by atoms with van der Waals surface area (Å²) in [6.45, 7) is 8.00. The van der Waals surface area contributed by atoms with Crippen LogP contribution >= 0.6 is 11.3 Å². The molecule has 0 spiro atoms. The van der Waals surface area contributed by atoms with Crippen LogP contribution in [0.1, 0.15) is 25.1 Å². The molecular weight excluding hydrogens is 360 g/mol. The lowest BCUT2D eigenvalue weighted by molar-refractivity contribution is -0.122. The van der Waals surface area contributed by atoms with Crippen molar-refractivity contribution in [2.75, 3.05) is 26.3 Å². The molecule has 0 fully saturated rings. The second kappa shape index (κ2) is 12.1. The Morgan fingerprint density at radius 3 is 2.67 bits per heavy atom. The first-order valence-electron chi connectivity index (χ1n) is 9.26. The molecule has 0 aliphatic rings. The van der Waals surface area contributed by atoms with E-state index < -0.39 is 0 Å². The van der Waals surface area contributed by atoms with Gasteiger partial charge in [0.1, 0.15) is 11.5 Å². The van der Waals surface area contributed by atoms with Crippen molar-refractivity contribution < 1.29 is 14.3 Å². The summed E-state index contributed by atoms with van der Waals surface area (Å²) >= 11 is 1.73. The SMILES string of the molecule is CCN(CC)Cc1cc(OCC/C=C\NC(=O)COc2ccccc2)cs1. The van der Waals surface area contributed by atoms with Gasteiger partial charge in [-0.3, -0.25) is 9.69 Å². The van der Waals surface area contributed by atoms with Crippen LogP contribution in [-0.4, -0.2) is 37.1 Å². The summed E-state index contributed by atoms with van der Waals surface area (Å²) in [6, 6.07) is 11.4. The largest absolute Gasteiger partial charge is 0.492 e. The van der Waals surface area contributed by atoms with Crippen LogP contribution in [-0.2, 0) is 11.3 Å². The highest BCUT2D eigenvalue weighted by atomic mass is 32.1. The predicted octanol–water partition coefficient (Wildman–Crippen LogP) is 4.07.